The summed E-state index contributed by atoms with van der Waals surface area (Å²) in [6.07, 6.45) is 0.765. The number of benzene rings is 2. The van der Waals surface area contributed by atoms with Crippen LogP contribution >= 0.6 is 23.2 Å². The monoisotopic (exact) mass is 425 g/mol. The van der Waals surface area contributed by atoms with E-state index in [4.69, 9.17) is 37.8 Å². The Balaban J connectivity index is 2.11. The number of hydrogen-bond acceptors (Lipinski definition) is 5. The standard InChI is InChI=1S/C21H25Cl2NO4/c1-21(2,16-6-9-20(19(23)12-16)27-11-3-10-22)15-4-7-18(8-5-15)28-14-17(13-25)24-26/h4-9,12,17,25H,3,10-11,13-14H2,1-2H3/t17-/m1/s1. The van der Waals surface area contributed by atoms with Gasteiger partial charge in [-0.15, -0.1) is 11.6 Å². The first-order valence-electron chi connectivity index (χ1n) is 9.07. The highest BCUT2D eigenvalue weighted by atomic mass is 35.5. The zero-order valence-corrected chi connectivity index (χ0v) is 17.5. The van der Waals surface area contributed by atoms with E-state index in [9.17, 15) is 4.91 Å². The van der Waals surface area contributed by atoms with Gasteiger partial charge < -0.3 is 14.6 Å². The first-order chi connectivity index (χ1) is 13.4. The van der Waals surface area contributed by atoms with Gasteiger partial charge in [-0.05, 0) is 41.8 Å². The SMILES string of the molecule is CC(C)(c1ccc(OC[C@@H](CO)N=O)cc1)c1ccc(OCCCCl)c(Cl)c1. The van der Waals surface area contributed by atoms with Gasteiger partial charge in [-0.25, -0.2) is 0 Å². The van der Waals surface area contributed by atoms with Gasteiger partial charge in [-0.3, -0.25) is 0 Å². The van der Waals surface area contributed by atoms with E-state index in [1.165, 1.54) is 0 Å². The Kier molecular flexibility index (Phi) is 8.55. The number of rotatable bonds is 11. The van der Waals surface area contributed by atoms with Crippen molar-refractivity contribution in [3.05, 3.63) is 63.5 Å². The summed E-state index contributed by atoms with van der Waals surface area (Å²) in [5.41, 5.74) is 1.86. The number of nitroso groups, excluding NO2 is 1. The molecule has 2 aromatic carbocycles. The third-order valence-electron chi connectivity index (χ3n) is 4.57. The number of nitrogens with zero attached hydrogens (tertiary/aromatic N) is 1. The Bertz CT molecular complexity index is 766. The molecule has 0 fully saturated rings. The Morgan fingerprint density at radius 3 is 2.36 bits per heavy atom. The van der Waals surface area contributed by atoms with Crippen molar-refractivity contribution in [2.75, 3.05) is 25.7 Å². The van der Waals surface area contributed by atoms with Crippen LogP contribution in [0, 0.1) is 4.91 Å². The van der Waals surface area contributed by atoms with Crippen LogP contribution in [0.3, 0.4) is 0 Å². The maximum absolute atomic E-state index is 10.5. The van der Waals surface area contributed by atoms with E-state index in [0.29, 0.717) is 29.0 Å². The van der Waals surface area contributed by atoms with Gasteiger partial charge in [0.05, 0.1) is 18.2 Å². The minimum Gasteiger partial charge on any atom is -0.492 e. The quantitative estimate of drug-likeness (QED) is 0.306. The van der Waals surface area contributed by atoms with Crippen molar-refractivity contribution in [2.24, 2.45) is 5.18 Å². The van der Waals surface area contributed by atoms with Crippen LogP contribution in [0.5, 0.6) is 11.5 Å². The fourth-order valence-electron chi connectivity index (χ4n) is 2.69. The molecule has 0 aromatic heterocycles. The number of halogens is 2. The van der Waals surface area contributed by atoms with E-state index in [2.05, 4.69) is 19.0 Å². The first-order valence-corrected chi connectivity index (χ1v) is 9.99. The molecule has 0 bridgehead atoms. The fourth-order valence-corrected chi connectivity index (χ4v) is 3.03. The molecule has 2 aromatic rings. The predicted octanol–water partition coefficient (Wildman–Crippen LogP) is 5.18. The molecule has 1 atom stereocenters. The molecule has 0 heterocycles. The largest absolute Gasteiger partial charge is 0.492 e. The van der Waals surface area contributed by atoms with E-state index in [1.807, 2.05) is 42.5 Å². The summed E-state index contributed by atoms with van der Waals surface area (Å²) in [5, 5.41) is 12.4. The summed E-state index contributed by atoms with van der Waals surface area (Å²) in [6, 6.07) is 12.7. The number of alkyl halides is 1. The van der Waals surface area contributed by atoms with Crippen molar-refractivity contribution < 1.29 is 14.6 Å². The molecule has 152 valence electrons. The van der Waals surface area contributed by atoms with E-state index in [-0.39, 0.29) is 18.6 Å². The molecular weight excluding hydrogens is 401 g/mol. The summed E-state index contributed by atoms with van der Waals surface area (Å²) in [5.74, 6) is 1.81. The highest BCUT2D eigenvalue weighted by Crippen LogP contribution is 2.36. The number of ether oxygens (including phenoxy) is 2. The topological polar surface area (TPSA) is 68.1 Å². The minimum atomic E-state index is -0.761. The molecule has 5 nitrogen and oxygen atoms in total. The molecule has 0 saturated carbocycles. The van der Waals surface area contributed by atoms with Crippen molar-refractivity contribution in [2.45, 2.75) is 31.7 Å². The Morgan fingerprint density at radius 1 is 1.11 bits per heavy atom. The van der Waals surface area contributed by atoms with Crippen LogP contribution in [0.2, 0.25) is 5.02 Å². The smallest absolute Gasteiger partial charge is 0.149 e. The van der Waals surface area contributed by atoms with Gasteiger partial charge in [0.1, 0.15) is 24.1 Å². The Labute approximate surface area is 175 Å². The molecule has 0 aliphatic rings. The Hall–Kier alpha value is -1.82. The highest BCUT2D eigenvalue weighted by molar-refractivity contribution is 6.32. The molecule has 0 radical (unpaired) electrons. The van der Waals surface area contributed by atoms with Crippen LogP contribution in [0.1, 0.15) is 31.4 Å². The van der Waals surface area contributed by atoms with Gasteiger partial charge in [0, 0.05) is 11.3 Å². The second kappa shape index (κ2) is 10.6. The first kappa shape index (κ1) is 22.5. The maximum Gasteiger partial charge on any atom is 0.149 e. The van der Waals surface area contributed by atoms with Crippen molar-refractivity contribution in [1.29, 1.82) is 0 Å². The van der Waals surface area contributed by atoms with Gasteiger partial charge in [0.25, 0.3) is 0 Å². The lowest BCUT2D eigenvalue weighted by Crippen LogP contribution is -2.20. The van der Waals surface area contributed by atoms with Crippen LogP contribution in [0.15, 0.2) is 47.6 Å². The number of aliphatic hydroxyl groups is 1. The van der Waals surface area contributed by atoms with Gasteiger partial charge in [-0.1, -0.05) is 48.8 Å². The lowest BCUT2D eigenvalue weighted by Gasteiger charge is -2.27. The summed E-state index contributed by atoms with van der Waals surface area (Å²) < 4.78 is 11.2. The summed E-state index contributed by atoms with van der Waals surface area (Å²) in [7, 11) is 0. The van der Waals surface area contributed by atoms with Crippen molar-refractivity contribution in [1.82, 2.24) is 0 Å². The summed E-state index contributed by atoms with van der Waals surface area (Å²) in [4.78, 5) is 10.5. The second-order valence-electron chi connectivity index (χ2n) is 6.94. The molecule has 0 aliphatic heterocycles. The predicted molar refractivity (Wildman–Crippen MR) is 113 cm³/mol. The molecule has 0 amide bonds. The third-order valence-corrected chi connectivity index (χ3v) is 5.13. The van der Waals surface area contributed by atoms with E-state index in [0.717, 1.165) is 17.5 Å². The normalized spacial score (nSPS) is 12.5. The maximum atomic E-state index is 10.5. The van der Waals surface area contributed by atoms with E-state index < -0.39 is 6.04 Å². The van der Waals surface area contributed by atoms with E-state index in [1.54, 1.807) is 0 Å². The molecule has 0 saturated heterocycles. The van der Waals surface area contributed by atoms with Gasteiger partial charge in [0.15, 0.2) is 0 Å². The zero-order chi connectivity index (χ0) is 20.6. The lowest BCUT2D eigenvalue weighted by molar-refractivity contribution is 0.207. The highest BCUT2D eigenvalue weighted by Gasteiger charge is 2.24. The van der Waals surface area contributed by atoms with Crippen molar-refractivity contribution in [3.8, 4) is 11.5 Å². The van der Waals surface area contributed by atoms with Gasteiger partial charge in [-0.2, -0.15) is 4.91 Å². The minimum absolute atomic E-state index is 0.0452. The van der Waals surface area contributed by atoms with Crippen molar-refractivity contribution >= 4 is 23.2 Å². The van der Waals surface area contributed by atoms with Crippen molar-refractivity contribution in [3.63, 3.8) is 0 Å². The molecule has 0 spiro atoms. The summed E-state index contributed by atoms with van der Waals surface area (Å²) in [6.45, 7) is 4.47. The number of aliphatic hydroxyl groups excluding tert-OH is 1. The molecule has 0 aliphatic carbocycles. The summed E-state index contributed by atoms with van der Waals surface area (Å²) >= 11 is 12.1. The van der Waals surface area contributed by atoms with Crippen LogP contribution in [0.25, 0.3) is 0 Å². The number of hydrogen-bond donors (Lipinski definition) is 1. The zero-order valence-electron chi connectivity index (χ0n) is 16.0. The molecule has 0 unspecified atom stereocenters. The van der Waals surface area contributed by atoms with Gasteiger partial charge >= 0.3 is 0 Å². The second-order valence-corrected chi connectivity index (χ2v) is 7.72. The van der Waals surface area contributed by atoms with Crippen LogP contribution < -0.4 is 9.47 Å². The molecule has 7 heteroatoms. The molecule has 1 N–H and O–H groups in total. The molecular formula is C21H25Cl2NO4. The van der Waals surface area contributed by atoms with Gasteiger partial charge in [0.2, 0.25) is 0 Å². The van der Waals surface area contributed by atoms with Crippen LogP contribution in [-0.4, -0.2) is 36.8 Å². The average Bonchev–Trinajstić information content (AvgIpc) is 2.70. The average molecular weight is 426 g/mol. The molecule has 2 rings (SSSR count). The van der Waals surface area contributed by atoms with Crippen LogP contribution in [0.4, 0.5) is 0 Å². The van der Waals surface area contributed by atoms with Crippen LogP contribution in [-0.2, 0) is 5.41 Å². The molecule has 28 heavy (non-hydrogen) atoms. The fraction of sp³-hybridized carbons (Fsp3) is 0.429. The third kappa shape index (κ3) is 5.84. The Morgan fingerprint density at radius 2 is 1.79 bits per heavy atom. The lowest BCUT2D eigenvalue weighted by atomic mass is 9.78. The van der Waals surface area contributed by atoms with E-state index >= 15 is 0 Å².